The van der Waals surface area contributed by atoms with Crippen LogP contribution >= 0.6 is 23.2 Å². The van der Waals surface area contributed by atoms with Gasteiger partial charge in [-0.2, -0.15) is 0 Å². The maximum absolute atomic E-state index is 11.3. The lowest BCUT2D eigenvalue weighted by Crippen LogP contribution is -2.42. The summed E-state index contributed by atoms with van der Waals surface area (Å²) in [5.41, 5.74) is 5.33. The maximum atomic E-state index is 11.3. The number of hydrogen-bond donors (Lipinski definition) is 3. The molecule has 86 valence electrons. The molecule has 1 atom stereocenters. The highest BCUT2D eigenvalue weighted by Crippen LogP contribution is 2.29. The molecule has 0 aromatic heterocycles. The Morgan fingerprint density at radius 1 is 1.38 bits per heavy atom. The normalized spacial score (nSPS) is 11.9. The van der Waals surface area contributed by atoms with Crippen molar-refractivity contribution in [3.05, 3.63) is 28.2 Å². The zero-order chi connectivity index (χ0) is 12.3. The fourth-order valence-corrected chi connectivity index (χ4v) is 1.27. The largest absolute Gasteiger partial charge is 0.480 e. The number of carbonyl (C=O) groups is 2. The molecule has 0 aliphatic rings. The van der Waals surface area contributed by atoms with Crippen molar-refractivity contribution in [1.82, 2.24) is 0 Å². The van der Waals surface area contributed by atoms with Crippen molar-refractivity contribution in [1.29, 1.82) is 0 Å². The molecule has 0 aliphatic heterocycles. The van der Waals surface area contributed by atoms with E-state index in [2.05, 4.69) is 5.32 Å². The fourth-order valence-electron chi connectivity index (χ4n) is 0.923. The number of carbonyl (C=O) groups excluding carboxylic acids is 1. The molecule has 0 spiro atoms. The summed E-state index contributed by atoms with van der Waals surface area (Å²) in [5, 5.41) is 11.2. The Morgan fingerprint density at radius 2 is 2.00 bits per heavy atom. The minimum Gasteiger partial charge on any atom is -0.480 e. The van der Waals surface area contributed by atoms with Gasteiger partial charge in [0.15, 0.2) is 6.04 Å². The number of carboxylic acid groups (broad SMARTS) is 1. The number of benzene rings is 1. The molecule has 0 saturated heterocycles. The van der Waals surface area contributed by atoms with E-state index in [1.807, 2.05) is 0 Å². The van der Waals surface area contributed by atoms with Gasteiger partial charge in [0.1, 0.15) is 0 Å². The summed E-state index contributed by atoms with van der Waals surface area (Å²) in [6.07, 6.45) is 0. The van der Waals surface area contributed by atoms with E-state index in [9.17, 15) is 9.59 Å². The monoisotopic (exact) mass is 262 g/mol. The molecular formula is C9H8Cl2N2O3. The van der Waals surface area contributed by atoms with Crippen LogP contribution in [0.25, 0.3) is 0 Å². The molecule has 7 heteroatoms. The Balaban J connectivity index is 2.85. The van der Waals surface area contributed by atoms with Crippen molar-refractivity contribution in [3.63, 3.8) is 0 Å². The minimum atomic E-state index is -1.64. The van der Waals surface area contributed by atoms with Crippen LogP contribution < -0.4 is 11.1 Å². The lowest BCUT2D eigenvalue weighted by atomic mass is 10.2. The van der Waals surface area contributed by atoms with E-state index >= 15 is 0 Å². The van der Waals surface area contributed by atoms with Crippen LogP contribution in [-0.2, 0) is 9.59 Å². The van der Waals surface area contributed by atoms with Crippen molar-refractivity contribution in [2.75, 3.05) is 5.32 Å². The van der Waals surface area contributed by atoms with Crippen LogP contribution in [0.15, 0.2) is 18.2 Å². The van der Waals surface area contributed by atoms with Gasteiger partial charge in [-0.15, -0.1) is 0 Å². The summed E-state index contributed by atoms with van der Waals surface area (Å²) in [4.78, 5) is 21.7. The van der Waals surface area contributed by atoms with Crippen LogP contribution in [0.3, 0.4) is 0 Å². The molecule has 0 heterocycles. The Bertz CT molecular complexity index is 437. The first kappa shape index (κ1) is 12.8. The second-order valence-corrected chi connectivity index (χ2v) is 3.69. The van der Waals surface area contributed by atoms with Crippen molar-refractivity contribution >= 4 is 40.8 Å². The van der Waals surface area contributed by atoms with Gasteiger partial charge in [-0.25, -0.2) is 4.79 Å². The molecule has 1 aromatic rings. The molecular weight excluding hydrogens is 255 g/mol. The Kier molecular flexibility index (Phi) is 4.12. The van der Waals surface area contributed by atoms with Crippen LogP contribution in [-0.4, -0.2) is 23.0 Å². The first-order chi connectivity index (χ1) is 7.43. The zero-order valence-electron chi connectivity index (χ0n) is 7.91. The third kappa shape index (κ3) is 2.85. The topological polar surface area (TPSA) is 92.4 Å². The van der Waals surface area contributed by atoms with Crippen LogP contribution in [0.2, 0.25) is 10.0 Å². The number of halogens is 2. The molecule has 0 fully saturated rings. The number of amides is 1. The molecule has 0 bridgehead atoms. The van der Waals surface area contributed by atoms with Gasteiger partial charge in [0, 0.05) is 0 Å². The van der Waals surface area contributed by atoms with E-state index in [0.29, 0.717) is 0 Å². The molecule has 1 aromatic carbocycles. The maximum Gasteiger partial charge on any atom is 0.330 e. The molecule has 16 heavy (non-hydrogen) atoms. The van der Waals surface area contributed by atoms with Gasteiger partial charge in [-0.05, 0) is 12.1 Å². The van der Waals surface area contributed by atoms with Crippen LogP contribution in [0.5, 0.6) is 0 Å². The highest BCUT2D eigenvalue weighted by atomic mass is 35.5. The fraction of sp³-hybridized carbons (Fsp3) is 0.111. The second-order valence-electron chi connectivity index (χ2n) is 2.91. The Hall–Kier alpha value is -1.30. The van der Waals surface area contributed by atoms with Crippen molar-refractivity contribution in [2.45, 2.75) is 6.04 Å². The van der Waals surface area contributed by atoms with E-state index in [0.717, 1.165) is 0 Å². The van der Waals surface area contributed by atoms with Gasteiger partial charge < -0.3 is 16.2 Å². The van der Waals surface area contributed by atoms with Gasteiger partial charge in [0.05, 0.1) is 15.7 Å². The first-order valence-electron chi connectivity index (χ1n) is 4.16. The van der Waals surface area contributed by atoms with Gasteiger partial charge in [-0.1, -0.05) is 29.3 Å². The van der Waals surface area contributed by atoms with E-state index in [1.54, 1.807) is 6.07 Å². The summed E-state index contributed by atoms with van der Waals surface area (Å²) in [7, 11) is 0. The van der Waals surface area contributed by atoms with E-state index in [-0.39, 0.29) is 15.7 Å². The molecule has 1 amide bonds. The minimum absolute atomic E-state index is 0.134. The van der Waals surface area contributed by atoms with Crippen molar-refractivity contribution in [2.24, 2.45) is 5.73 Å². The summed E-state index contributed by atoms with van der Waals surface area (Å²) in [6, 6.07) is 2.95. The predicted molar refractivity (Wildman–Crippen MR) is 60.7 cm³/mol. The number of nitrogens with one attached hydrogen (secondary N) is 1. The van der Waals surface area contributed by atoms with Gasteiger partial charge >= 0.3 is 5.97 Å². The number of carboxylic acids is 1. The van der Waals surface area contributed by atoms with Crippen LogP contribution in [0, 0.1) is 0 Å². The third-order valence-electron chi connectivity index (χ3n) is 1.76. The quantitative estimate of drug-likeness (QED) is 0.717. The average Bonchev–Trinajstić information content (AvgIpc) is 2.23. The Labute approximate surface area is 101 Å². The number of aliphatic carboxylic acids is 1. The molecule has 0 saturated carbocycles. The first-order valence-corrected chi connectivity index (χ1v) is 4.92. The number of rotatable bonds is 3. The smallest absolute Gasteiger partial charge is 0.330 e. The summed E-state index contributed by atoms with van der Waals surface area (Å²) in [6.45, 7) is 0. The lowest BCUT2D eigenvalue weighted by molar-refractivity contribution is -0.141. The summed E-state index contributed by atoms with van der Waals surface area (Å²) < 4.78 is 0. The molecule has 0 radical (unpaired) electrons. The molecule has 4 N–H and O–H groups in total. The zero-order valence-corrected chi connectivity index (χ0v) is 9.42. The van der Waals surface area contributed by atoms with Crippen molar-refractivity contribution in [3.8, 4) is 0 Å². The molecule has 1 rings (SSSR count). The van der Waals surface area contributed by atoms with E-state index < -0.39 is 17.9 Å². The average molecular weight is 263 g/mol. The van der Waals surface area contributed by atoms with Gasteiger partial charge in [0.2, 0.25) is 0 Å². The standard InChI is InChI=1S/C9H8Cl2N2O3/c10-4-2-1-3-5(6(4)11)13-8(14)7(12)9(15)16/h1-3,7H,12H2,(H,13,14)(H,15,16). The number of anilines is 1. The van der Waals surface area contributed by atoms with Gasteiger partial charge in [-0.3, -0.25) is 4.79 Å². The number of nitrogens with two attached hydrogens (primary N) is 1. The summed E-state index contributed by atoms with van der Waals surface area (Å²) in [5.74, 6) is -2.28. The van der Waals surface area contributed by atoms with E-state index in [1.165, 1.54) is 12.1 Å². The molecule has 1 unspecified atom stereocenters. The highest BCUT2D eigenvalue weighted by molar-refractivity contribution is 6.44. The highest BCUT2D eigenvalue weighted by Gasteiger charge is 2.21. The SMILES string of the molecule is NC(C(=O)O)C(=O)Nc1cccc(Cl)c1Cl. The Morgan fingerprint density at radius 3 is 2.56 bits per heavy atom. The van der Waals surface area contributed by atoms with Crippen molar-refractivity contribution < 1.29 is 14.7 Å². The van der Waals surface area contributed by atoms with Crippen LogP contribution in [0.4, 0.5) is 5.69 Å². The lowest BCUT2D eigenvalue weighted by Gasteiger charge is -2.10. The predicted octanol–water partition coefficient (Wildman–Crippen LogP) is 1.34. The number of hydrogen-bond acceptors (Lipinski definition) is 3. The van der Waals surface area contributed by atoms with E-state index in [4.69, 9.17) is 34.0 Å². The molecule has 5 nitrogen and oxygen atoms in total. The van der Waals surface area contributed by atoms with Crippen LogP contribution in [0.1, 0.15) is 0 Å². The van der Waals surface area contributed by atoms with Gasteiger partial charge in [0.25, 0.3) is 5.91 Å². The third-order valence-corrected chi connectivity index (χ3v) is 2.58. The second kappa shape index (κ2) is 5.16. The summed E-state index contributed by atoms with van der Waals surface area (Å²) >= 11 is 11.5. The molecule has 0 aliphatic carbocycles.